The number of amides is 2. The van der Waals surface area contributed by atoms with Crippen LogP contribution < -0.4 is 10.9 Å². The Morgan fingerprint density at radius 3 is 1.83 bits per heavy atom. The third-order valence-corrected chi connectivity index (χ3v) is 3.86. The molecule has 2 amide bonds. The molecule has 2 aromatic carbocycles. The Labute approximate surface area is 169 Å². The van der Waals surface area contributed by atoms with E-state index >= 15 is 0 Å². The number of hydrogen-bond donors (Lipinski definition) is 3. The van der Waals surface area contributed by atoms with Gasteiger partial charge in [-0.15, -0.1) is 4.48 Å². The molecule has 0 spiro atoms. The Balaban J connectivity index is 0.000000656. The van der Waals surface area contributed by atoms with Crippen molar-refractivity contribution in [2.75, 3.05) is 5.32 Å². The van der Waals surface area contributed by atoms with Gasteiger partial charge in [-0.25, -0.2) is 0 Å². The predicted molar refractivity (Wildman–Crippen MR) is 101 cm³/mol. The molecule has 2 aromatic rings. The minimum Gasteiger partial charge on any atom is -0.373 e. The molecule has 0 radical (unpaired) electrons. The van der Waals surface area contributed by atoms with E-state index in [4.69, 9.17) is 0 Å². The highest BCUT2D eigenvalue weighted by Crippen LogP contribution is 2.31. The lowest BCUT2D eigenvalue weighted by atomic mass is 10.0. The molecule has 1 atom stereocenters. The third kappa shape index (κ3) is 6.66. The van der Waals surface area contributed by atoms with E-state index in [0.29, 0.717) is 18.1 Å². The maximum atomic E-state index is 12.6. The average molecular weight is 428 g/mol. The summed E-state index contributed by atoms with van der Waals surface area (Å²) in [6, 6.07) is 13.8. The second kappa shape index (κ2) is 10.5. The second-order valence-corrected chi connectivity index (χ2v) is 6.17. The van der Waals surface area contributed by atoms with E-state index < -0.39 is 23.6 Å². The Hall–Kier alpha value is -3.27. The fourth-order valence-corrected chi connectivity index (χ4v) is 1.91. The number of alkyl halides is 3. The standard InChI is InChI=1S/C17H14F3NO3.C3H6FNO/c1-16(24,17(18,19)20)15(23)21-13-9-7-12(8-10-13)14(22)11-5-3-2-4-6-11;1-2-3(6)5-4/h2-10,24H,1H3,(H,21,23);2H2,1H3,(H,5,6)/t16-;/m0./s1. The number of carbonyl (C=O) groups excluding carboxylic acids is 3. The summed E-state index contributed by atoms with van der Waals surface area (Å²) in [6.07, 6.45) is -4.89. The third-order valence-electron chi connectivity index (χ3n) is 3.86. The van der Waals surface area contributed by atoms with E-state index in [-0.39, 0.29) is 17.9 Å². The van der Waals surface area contributed by atoms with Crippen molar-refractivity contribution in [3.63, 3.8) is 0 Å². The topological polar surface area (TPSA) is 95.5 Å². The van der Waals surface area contributed by atoms with Crippen molar-refractivity contribution < 1.29 is 37.1 Å². The molecule has 0 saturated carbocycles. The fraction of sp³-hybridized carbons (Fsp3) is 0.250. The molecule has 10 heteroatoms. The Morgan fingerprint density at radius 2 is 1.43 bits per heavy atom. The smallest absolute Gasteiger partial charge is 0.373 e. The number of benzene rings is 2. The Kier molecular flexibility index (Phi) is 8.66. The molecule has 6 nitrogen and oxygen atoms in total. The van der Waals surface area contributed by atoms with E-state index in [1.807, 2.05) is 5.32 Å². The van der Waals surface area contributed by atoms with Crippen molar-refractivity contribution in [1.29, 1.82) is 0 Å². The van der Waals surface area contributed by atoms with Crippen molar-refractivity contribution in [2.24, 2.45) is 0 Å². The number of nitrogens with one attached hydrogen (secondary N) is 2. The van der Waals surface area contributed by atoms with Gasteiger partial charge in [0.15, 0.2) is 5.78 Å². The molecule has 0 aliphatic carbocycles. The Morgan fingerprint density at radius 1 is 0.933 bits per heavy atom. The summed E-state index contributed by atoms with van der Waals surface area (Å²) < 4.78 is 48.6. The zero-order valence-electron chi connectivity index (χ0n) is 16.1. The summed E-state index contributed by atoms with van der Waals surface area (Å²) in [5.74, 6) is -2.43. The van der Waals surface area contributed by atoms with Gasteiger partial charge >= 0.3 is 6.18 Å². The minimum atomic E-state index is -5.10. The van der Waals surface area contributed by atoms with Crippen molar-refractivity contribution in [3.8, 4) is 0 Å². The van der Waals surface area contributed by atoms with Crippen LogP contribution in [0.3, 0.4) is 0 Å². The van der Waals surface area contributed by atoms with E-state index in [0.717, 1.165) is 5.54 Å². The van der Waals surface area contributed by atoms with Gasteiger partial charge in [-0.1, -0.05) is 37.3 Å². The summed E-state index contributed by atoms with van der Waals surface area (Å²) in [6.45, 7) is 1.95. The van der Waals surface area contributed by atoms with Crippen LogP contribution >= 0.6 is 0 Å². The van der Waals surface area contributed by atoms with Gasteiger partial charge in [0.1, 0.15) is 0 Å². The van der Waals surface area contributed by atoms with Crippen LogP contribution in [0.4, 0.5) is 23.3 Å². The number of carbonyl (C=O) groups is 3. The zero-order chi connectivity index (χ0) is 22.9. The summed E-state index contributed by atoms with van der Waals surface area (Å²) >= 11 is 0. The summed E-state index contributed by atoms with van der Waals surface area (Å²) in [5, 5.41) is 11.3. The highest BCUT2D eigenvalue weighted by molar-refractivity contribution is 6.09. The molecule has 0 aliphatic rings. The molecule has 0 fully saturated rings. The van der Waals surface area contributed by atoms with E-state index in [9.17, 15) is 37.1 Å². The first-order valence-corrected chi connectivity index (χ1v) is 8.63. The van der Waals surface area contributed by atoms with Gasteiger partial charge in [0.25, 0.3) is 5.91 Å². The number of rotatable bonds is 5. The first-order valence-electron chi connectivity index (χ1n) is 8.63. The van der Waals surface area contributed by atoms with Gasteiger partial charge in [0, 0.05) is 23.2 Å². The highest BCUT2D eigenvalue weighted by Gasteiger charge is 2.55. The van der Waals surface area contributed by atoms with Crippen LogP contribution in [0.15, 0.2) is 54.6 Å². The lowest BCUT2D eigenvalue weighted by Crippen LogP contribution is -2.52. The summed E-state index contributed by atoms with van der Waals surface area (Å²) in [7, 11) is 0. The van der Waals surface area contributed by atoms with Gasteiger partial charge in [0.2, 0.25) is 11.5 Å². The largest absolute Gasteiger partial charge is 0.426 e. The molecule has 162 valence electrons. The highest BCUT2D eigenvalue weighted by atomic mass is 19.4. The van der Waals surface area contributed by atoms with Crippen LogP contribution in [0, 0.1) is 0 Å². The first-order chi connectivity index (χ1) is 13.9. The van der Waals surface area contributed by atoms with Crippen molar-refractivity contribution in [1.82, 2.24) is 5.54 Å². The van der Waals surface area contributed by atoms with Gasteiger partial charge in [-0.05, 0) is 31.2 Å². The summed E-state index contributed by atoms with van der Waals surface area (Å²) in [4.78, 5) is 33.5. The van der Waals surface area contributed by atoms with Crippen molar-refractivity contribution in [3.05, 3.63) is 65.7 Å². The van der Waals surface area contributed by atoms with Gasteiger partial charge in [-0.3, -0.25) is 14.4 Å². The molecular weight excluding hydrogens is 408 g/mol. The number of halogens is 4. The van der Waals surface area contributed by atoms with Crippen LogP contribution in [0.1, 0.15) is 36.2 Å². The fourth-order valence-electron chi connectivity index (χ4n) is 1.91. The van der Waals surface area contributed by atoms with E-state index in [1.54, 1.807) is 37.3 Å². The van der Waals surface area contributed by atoms with Gasteiger partial charge in [0.05, 0.1) is 0 Å². The molecule has 0 bridgehead atoms. The lowest BCUT2D eigenvalue weighted by molar-refractivity contribution is -0.242. The predicted octanol–water partition coefficient (Wildman–Crippen LogP) is 3.57. The van der Waals surface area contributed by atoms with E-state index in [1.165, 1.54) is 24.3 Å². The first kappa shape index (κ1) is 24.8. The molecule has 2 rings (SSSR count). The maximum absolute atomic E-state index is 12.6. The monoisotopic (exact) mass is 428 g/mol. The van der Waals surface area contributed by atoms with Crippen molar-refractivity contribution >= 4 is 23.3 Å². The maximum Gasteiger partial charge on any atom is 0.426 e. The average Bonchev–Trinajstić information content (AvgIpc) is 2.73. The molecule has 30 heavy (non-hydrogen) atoms. The van der Waals surface area contributed by atoms with E-state index in [2.05, 4.69) is 0 Å². The molecule has 0 heterocycles. The number of anilines is 1. The molecule has 0 saturated heterocycles. The van der Waals surface area contributed by atoms with Crippen LogP contribution in [-0.4, -0.2) is 34.5 Å². The zero-order valence-corrected chi connectivity index (χ0v) is 16.1. The minimum absolute atomic E-state index is 0.0362. The molecule has 3 N–H and O–H groups in total. The van der Waals surface area contributed by atoms with Crippen LogP contribution in [0.25, 0.3) is 0 Å². The quantitative estimate of drug-likeness (QED) is 0.386. The van der Waals surface area contributed by atoms with Crippen LogP contribution in [0.2, 0.25) is 0 Å². The Bertz CT molecular complexity index is 861. The van der Waals surface area contributed by atoms with Gasteiger partial charge < -0.3 is 10.4 Å². The second-order valence-electron chi connectivity index (χ2n) is 6.17. The normalized spacial score (nSPS) is 12.6. The number of aliphatic hydroxyl groups is 1. The van der Waals surface area contributed by atoms with Gasteiger partial charge in [-0.2, -0.15) is 18.7 Å². The van der Waals surface area contributed by atoms with Crippen molar-refractivity contribution in [2.45, 2.75) is 32.0 Å². The molecule has 0 unspecified atom stereocenters. The SMILES string of the molecule is CCC(=O)NF.C[C@](O)(C(=O)Nc1ccc(C(=O)c2ccccc2)cc1)C(F)(F)F. The molecule has 0 aliphatic heterocycles. The number of hydrogen-bond acceptors (Lipinski definition) is 4. The molecular formula is C20H20F4N2O4. The van der Waals surface area contributed by atoms with Crippen LogP contribution in [0.5, 0.6) is 0 Å². The summed E-state index contributed by atoms with van der Waals surface area (Å²) in [5.41, 5.74) is -1.71. The lowest BCUT2D eigenvalue weighted by Gasteiger charge is -2.24. The number of ketones is 1. The van der Waals surface area contributed by atoms with Crippen LogP contribution in [-0.2, 0) is 9.59 Å². The molecule has 0 aromatic heterocycles.